The smallest absolute Gasteiger partial charge is 0.408 e. The van der Waals surface area contributed by atoms with Crippen molar-refractivity contribution in [1.29, 1.82) is 0 Å². The number of sulfone groups is 1. The van der Waals surface area contributed by atoms with Gasteiger partial charge in [0.1, 0.15) is 11.6 Å². The van der Waals surface area contributed by atoms with E-state index in [4.69, 9.17) is 4.74 Å². The number of ether oxygens (including phenoxy) is 1. The lowest BCUT2D eigenvalue weighted by Crippen LogP contribution is -2.45. The third-order valence-electron chi connectivity index (χ3n) is 5.65. The highest BCUT2D eigenvalue weighted by molar-refractivity contribution is 9.10. The second kappa shape index (κ2) is 10.5. The predicted molar refractivity (Wildman–Crippen MR) is 146 cm³/mol. The molecular formula is C25H28BrN3O5S2. The summed E-state index contributed by atoms with van der Waals surface area (Å²) >= 11 is 4.71. The maximum Gasteiger partial charge on any atom is 0.408 e. The van der Waals surface area contributed by atoms with E-state index in [2.05, 4.69) is 26.2 Å². The van der Waals surface area contributed by atoms with E-state index in [9.17, 15) is 18.0 Å². The third-order valence-corrected chi connectivity index (χ3v) is 9.39. The van der Waals surface area contributed by atoms with Crippen LogP contribution in [0.25, 0.3) is 0 Å². The second-order valence-electron chi connectivity index (χ2n) is 9.77. The van der Waals surface area contributed by atoms with Crippen LogP contribution >= 0.6 is 27.7 Å². The predicted octanol–water partition coefficient (Wildman–Crippen LogP) is 4.19. The molecule has 0 saturated carbocycles. The Labute approximate surface area is 223 Å². The fourth-order valence-corrected chi connectivity index (χ4v) is 8.32. The fraction of sp³-hybridized carbons (Fsp3) is 0.400. The summed E-state index contributed by atoms with van der Waals surface area (Å²) in [5, 5.41) is 2.88. The highest BCUT2D eigenvalue weighted by Gasteiger charge is 2.49. The number of hydrogen-bond acceptors (Lipinski definition) is 6. The van der Waals surface area contributed by atoms with Crippen LogP contribution in [0.1, 0.15) is 26.3 Å². The number of carbonyl (C=O) groups excluding carboxylic acids is 2. The normalized spacial score (nSPS) is 22.8. The van der Waals surface area contributed by atoms with Gasteiger partial charge in [0.15, 0.2) is 15.0 Å². The maximum atomic E-state index is 13.5. The molecule has 0 radical (unpaired) electrons. The van der Waals surface area contributed by atoms with Gasteiger partial charge in [0.05, 0.1) is 17.5 Å². The number of amidine groups is 1. The molecule has 0 bridgehead atoms. The zero-order chi connectivity index (χ0) is 26.1. The van der Waals surface area contributed by atoms with Crippen molar-refractivity contribution in [2.45, 2.75) is 50.1 Å². The number of hydrogen-bond donors (Lipinski definition) is 1. The SMILES string of the molecule is CC(C)(C)OC(=O)N[C@H](Cc1ccccc1)C(=O)N=C1S[C@H]2CS(=O)(=O)C[C@@H]2N1c1ccc(Br)cc1. The van der Waals surface area contributed by atoms with E-state index in [1.165, 1.54) is 11.8 Å². The van der Waals surface area contributed by atoms with E-state index >= 15 is 0 Å². The highest BCUT2D eigenvalue weighted by atomic mass is 79.9. The number of thioether (sulfide) groups is 1. The van der Waals surface area contributed by atoms with E-state index in [1.54, 1.807) is 20.8 Å². The zero-order valence-electron chi connectivity index (χ0n) is 20.2. The first-order valence-electron chi connectivity index (χ1n) is 11.5. The van der Waals surface area contributed by atoms with Crippen molar-refractivity contribution in [3.05, 3.63) is 64.6 Å². The average Bonchev–Trinajstić information content (AvgIpc) is 3.24. The number of anilines is 1. The van der Waals surface area contributed by atoms with E-state index < -0.39 is 33.5 Å². The number of nitrogens with zero attached hydrogens (tertiary/aromatic N) is 2. The van der Waals surface area contributed by atoms with Gasteiger partial charge in [-0.15, -0.1) is 0 Å². The van der Waals surface area contributed by atoms with Gasteiger partial charge in [-0.05, 0) is 50.6 Å². The molecule has 2 aromatic carbocycles. The number of aliphatic imine (C=N–C) groups is 1. The van der Waals surface area contributed by atoms with Crippen LogP contribution < -0.4 is 10.2 Å². The average molecular weight is 595 g/mol. The van der Waals surface area contributed by atoms with Crippen LogP contribution in [0.2, 0.25) is 0 Å². The zero-order valence-corrected chi connectivity index (χ0v) is 23.4. The minimum Gasteiger partial charge on any atom is -0.444 e. The Kier molecular flexibility index (Phi) is 7.82. The monoisotopic (exact) mass is 593 g/mol. The summed E-state index contributed by atoms with van der Waals surface area (Å²) in [5.41, 5.74) is 0.888. The van der Waals surface area contributed by atoms with Gasteiger partial charge in [-0.2, -0.15) is 4.99 Å². The van der Waals surface area contributed by atoms with Crippen LogP contribution in [0.4, 0.5) is 10.5 Å². The summed E-state index contributed by atoms with van der Waals surface area (Å²) in [6.45, 7) is 5.25. The standard InChI is InChI=1S/C25H28BrN3O5S2/c1-25(2,3)34-24(31)27-19(13-16-7-5-4-6-8-16)22(30)28-23-29(18-11-9-17(26)10-12-18)20-14-36(32,33)15-21(20)35-23/h4-12,19-21H,13-15H2,1-3H3,(H,27,31)/t19-,20+,21+/m1/s1. The van der Waals surface area contributed by atoms with Gasteiger partial charge in [-0.1, -0.05) is 58.0 Å². The quantitative estimate of drug-likeness (QED) is 0.554. The van der Waals surface area contributed by atoms with Gasteiger partial charge < -0.3 is 15.0 Å². The molecule has 1 N–H and O–H groups in total. The Morgan fingerprint density at radius 3 is 2.44 bits per heavy atom. The van der Waals surface area contributed by atoms with Crippen molar-refractivity contribution in [2.75, 3.05) is 16.4 Å². The molecule has 11 heteroatoms. The lowest BCUT2D eigenvalue weighted by Gasteiger charge is -2.25. The summed E-state index contributed by atoms with van der Waals surface area (Å²) in [6, 6.07) is 15.5. The van der Waals surface area contributed by atoms with Crippen molar-refractivity contribution in [2.24, 2.45) is 4.99 Å². The van der Waals surface area contributed by atoms with Crippen LogP contribution in [0.15, 0.2) is 64.1 Å². The van der Waals surface area contributed by atoms with Crippen LogP contribution in [-0.4, -0.2) is 60.0 Å². The Hall–Kier alpha value is -2.37. The first-order valence-corrected chi connectivity index (χ1v) is 15.0. The van der Waals surface area contributed by atoms with Gasteiger partial charge in [0.25, 0.3) is 5.91 Å². The Balaban J connectivity index is 1.64. The lowest BCUT2D eigenvalue weighted by atomic mass is 10.1. The van der Waals surface area contributed by atoms with Crippen molar-refractivity contribution >= 4 is 60.4 Å². The molecule has 36 heavy (non-hydrogen) atoms. The summed E-state index contributed by atoms with van der Waals surface area (Å²) in [5.74, 6) is -0.499. The topological polar surface area (TPSA) is 105 Å². The minimum atomic E-state index is -3.18. The van der Waals surface area contributed by atoms with Crippen molar-refractivity contribution < 1.29 is 22.7 Å². The summed E-state index contributed by atoms with van der Waals surface area (Å²) < 4.78 is 30.9. The molecule has 2 amide bonds. The molecule has 2 aromatic rings. The Morgan fingerprint density at radius 1 is 1.14 bits per heavy atom. The molecule has 2 saturated heterocycles. The molecule has 2 fully saturated rings. The summed E-state index contributed by atoms with van der Waals surface area (Å²) in [7, 11) is -3.18. The molecule has 2 heterocycles. The van der Waals surface area contributed by atoms with Gasteiger partial charge in [-0.25, -0.2) is 13.2 Å². The van der Waals surface area contributed by atoms with E-state index in [0.29, 0.717) is 5.17 Å². The van der Waals surface area contributed by atoms with Gasteiger partial charge in [-0.3, -0.25) is 4.79 Å². The summed E-state index contributed by atoms with van der Waals surface area (Å²) in [6.07, 6.45) is -0.469. The van der Waals surface area contributed by atoms with Gasteiger partial charge >= 0.3 is 6.09 Å². The highest BCUT2D eigenvalue weighted by Crippen LogP contribution is 2.41. The molecular weight excluding hydrogens is 566 g/mol. The van der Waals surface area contributed by atoms with Crippen LogP contribution in [0.5, 0.6) is 0 Å². The third kappa shape index (κ3) is 6.68. The van der Waals surface area contributed by atoms with Crippen molar-refractivity contribution in [3.8, 4) is 0 Å². The molecule has 2 aliphatic heterocycles. The number of nitrogens with one attached hydrogen (secondary N) is 1. The first-order chi connectivity index (χ1) is 16.9. The number of alkyl carbamates (subject to hydrolysis) is 1. The van der Waals surface area contributed by atoms with Crippen LogP contribution in [0.3, 0.4) is 0 Å². The van der Waals surface area contributed by atoms with E-state index in [-0.39, 0.29) is 29.2 Å². The largest absolute Gasteiger partial charge is 0.444 e. The molecule has 8 nitrogen and oxygen atoms in total. The number of benzene rings is 2. The van der Waals surface area contributed by atoms with Crippen LogP contribution in [0, 0.1) is 0 Å². The number of amides is 2. The number of halogens is 1. The molecule has 3 atom stereocenters. The molecule has 0 spiro atoms. The molecule has 0 aromatic heterocycles. The fourth-order valence-electron chi connectivity index (χ4n) is 4.14. The van der Waals surface area contributed by atoms with Gasteiger partial charge in [0, 0.05) is 21.8 Å². The van der Waals surface area contributed by atoms with Crippen LogP contribution in [-0.2, 0) is 25.8 Å². The molecule has 0 aliphatic carbocycles. The number of fused-ring (bicyclic) bond motifs is 1. The second-order valence-corrected chi connectivity index (χ2v) is 14.0. The molecule has 2 aliphatic rings. The Morgan fingerprint density at radius 2 is 1.81 bits per heavy atom. The van der Waals surface area contributed by atoms with E-state index in [0.717, 1.165) is 15.7 Å². The van der Waals surface area contributed by atoms with Crippen molar-refractivity contribution in [3.63, 3.8) is 0 Å². The Bertz CT molecular complexity index is 1260. The summed E-state index contributed by atoms with van der Waals surface area (Å²) in [4.78, 5) is 32.2. The van der Waals surface area contributed by atoms with Crippen molar-refractivity contribution in [1.82, 2.24) is 5.32 Å². The minimum absolute atomic E-state index is 0.00244. The molecule has 192 valence electrons. The number of rotatable bonds is 5. The first kappa shape index (κ1) is 26.7. The molecule has 4 rings (SSSR count). The molecule has 0 unspecified atom stereocenters. The van der Waals surface area contributed by atoms with E-state index in [1.807, 2.05) is 59.5 Å². The maximum absolute atomic E-state index is 13.5. The number of carbonyl (C=O) groups is 2. The lowest BCUT2D eigenvalue weighted by molar-refractivity contribution is -0.119. The van der Waals surface area contributed by atoms with Gasteiger partial charge in [0.2, 0.25) is 0 Å².